The van der Waals surface area contributed by atoms with Crippen LogP contribution in [0.2, 0.25) is 0 Å². The van der Waals surface area contributed by atoms with E-state index in [9.17, 15) is 9.59 Å². The van der Waals surface area contributed by atoms with Gasteiger partial charge in [0.1, 0.15) is 0 Å². The minimum Gasteiger partial charge on any atom is -0.342 e. The highest BCUT2D eigenvalue weighted by Crippen LogP contribution is 2.36. The van der Waals surface area contributed by atoms with Crippen molar-refractivity contribution in [1.29, 1.82) is 0 Å². The lowest BCUT2D eigenvalue weighted by molar-refractivity contribution is -0.132. The minimum absolute atomic E-state index is 0.206. The molecule has 0 spiro atoms. The summed E-state index contributed by atoms with van der Waals surface area (Å²) in [5.41, 5.74) is 5.43. The number of carbonyl (C=O) groups is 2. The van der Waals surface area contributed by atoms with E-state index < -0.39 is 0 Å². The molecule has 0 bridgehead atoms. The number of aromatic nitrogens is 2. The summed E-state index contributed by atoms with van der Waals surface area (Å²) in [5.74, 6) is 0.739. The van der Waals surface area contributed by atoms with Crippen molar-refractivity contribution in [3.05, 3.63) is 53.1 Å². The molecule has 2 heterocycles. The van der Waals surface area contributed by atoms with Crippen LogP contribution in [-0.4, -0.2) is 65.3 Å². The highest BCUT2D eigenvalue weighted by molar-refractivity contribution is 6.03. The third-order valence-corrected chi connectivity index (χ3v) is 6.62. The first-order valence-corrected chi connectivity index (χ1v) is 12.0. The fraction of sp³-hybridized carbons (Fsp3) is 0.500. The maximum absolute atomic E-state index is 12.8. The van der Waals surface area contributed by atoms with Crippen molar-refractivity contribution in [3.63, 3.8) is 0 Å². The summed E-state index contributed by atoms with van der Waals surface area (Å²) >= 11 is 0. The monoisotopic (exact) mass is 449 g/mol. The molecule has 1 aromatic heterocycles. The third kappa shape index (κ3) is 5.71. The van der Waals surface area contributed by atoms with Crippen molar-refractivity contribution >= 4 is 23.1 Å². The van der Waals surface area contributed by atoms with Gasteiger partial charge >= 0.3 is 0 Å². The zero-order valence-electron chi connectivity index (χ0n) is 20.0. The van der Waals surface area contributed by atoms with Crippen LogP contribution in [0.3, 0.4) is 0 Å². The number of rotatable bonds is 6. The van der Waals surface area contributed by atoms with Crippen molar-refractivity contribution in [2.24, 2.45) is 0 Å². The van der Waals surface area contributed by atoms with Gasteiger partial charge in [0, 0.05) is 36.2 Å². The number of likely N-dealkylation sites (tertiary alicyclic amines) is 1. The normalized spacial score (nSPS) is 17.2. The minimum atomic E-state index is -0.221. The molecular weight excluding hydrogens is 414 g/mol. The van der Waals surface area contributed by atoms with E-state index in [4.69, 9.17) is 0 Å². The van der Waals surface area contributed by atoms with Crippen LogP contribution < -0.4 is 5.32 Å². The number of benzene rings is 1. The average Bonchev–Trinajstić information content (AvgIpc) is 3.26. The molecular formula is C26H35N5O2. The molecule has 7 heteroatoms. The van der Waals surface area contributed by atoms with Crippen LogP contribution in [0.15, 0.2) is 30.5 Å². The van der Waals surface area contributed by atoms with E-state index in [1.54, 1.807) is 6.20 Å². The van der Waals surface area contributed by atoms with Gasteiger partial charge in [0.2, 0.25) is 5.91 Å². The maximum Gasteiger partial charge on any atom is 0.291 e. The number of likely N-dealkylation sites (N-methyl/N-ethyl adjacent to an activating group) is 1. The molecule has 2 aliphatic rings. The summed E-state index contributed by atoms with van der Waals surface area (Å²) < 4.78 is 0. The second kappa shape index (κ2) is 10.3. The van der Waals surface area contributed by atoms with E-state index in [0.717, 1.165) is 55.7 Å². The Morgan fingerprint density at radius 1 is 1.21 bits per heavy atom. The number of allylic oxidation sites excluding steroid dienone is 2. The van der Waals surface area contributed by atoms with Crippen LogP contribution in [0.25, 0.3) is 5.57 Å². The van der Waals surface area contributed by atoms with E-state index in [1.807, 2.05) is 36.9 Å². The number of nitrogens with zero attached hydrogens (tertiary/aromatic N) is 3. The fourth-order valence-corrected chi connectivity index (χ4v) is 4.82. The van der Waals surface area contributed by atoms with Gasteiger partial charge in [0.15, 0.2) is 5.82 Å². The Balaban J connectivity index is 1.52. The summed E-state index contributed by atoms with van der Waals surface area (Å²) in [6, 6.07) is 6.44. The summed E-state index contributed by atoms with van der Waals surface area (Å²) in [4.78, 5) is 36.3. The first kappa shape index (κ1) is 23.2. The molecule has 1 saturated heterocycles. The highest BCUT2D eigenvalue weighted by Gasteiger charge is 2.25. The number of nitrogens with one attached hydrogen (secondary N) is 2. The Bertz CT molecular complexity index is 1030. The van der Waals surface area contributed by atoms with Crippen molar-refractivity contribution in [1.82, 2.24) is 19.8 Å². The zero-order valence-corrected chi connectivity index (χ0v) is 20.0. The highest BCUT2D eigenvalue weighted by atomic mass is 16.2. The number of aromatic amines is 1. The Kier molecular flexibility index (Phi) is 7.28. The number of hydrogen-bond acceptors (Lipinski definition) is 4. The van der Waals surface area contributed by atoms with Crippen molar-refractivity contribution in [3.8, 4) is 0 Å². The molecule has 176 valence electrons. The molecule has 1 aromatic carbocycles. The SMILES string of the molecule is Cc1cnc(C(=O)Nc2ccc(C3CCN(C(=O)CN(C)C)CC3)cc2C2=CCCCC2)[nH]1. The van der Waals surface area contributed by atoms with Crippen LogP contribution in [0.5, 0.6) is 0 Å². The summed E-state index contributed by atoms with van der Waals surface area (Å²) in [5, 5.41) is 3.08. The number of carbonyl (C=O) groups excluding carboxylic acids is 2. The summed E-state index contributed by atoms with van der Waals surface area (Å²) in [6.45, 7) is 3.94. The second-order valence-corrected chi connectivity index (χ2v) is 9.54. The number of anilines is 1. The molecule has 33 heavy (non-hydrogen) atoms. The number of aryl methyl sites for hydroxylation is 1. The van der Waals surface area contributed by atoms with Gasteiger partial charge in [-0.2, -0.15) is 0 Å². The standard InChI is InChI=1S/C26H35N5O2/c1-18-16-27-25(28-18)26(33)29-23-10-9-21(15-22(23)20-7-5-4-6-8-20)19-11-13-31(14-12-19)24(32)17-30(2)3/h7,9-10,15-16,19H,4-6,8,11-14,17H2,1-3H3,(H,27,28)(H,29,33). The zero-order chi connectivity index (χ0) is 23.4. The largest absolute Gasteiger partial charge is 0.342 e. The van der Waals surface area contributed by atoms with Gasteiger partial charge in [-0.15, -0.1) is 0 Å². The first-order chi connectivity index (χ1) is 15.9. The fourth-order valence-electron chi connectivity index (χ4n) is 4.82. The van der Waals surface area contributed by atoms with Gasteiger partial charge in [-0.3, -0.25) is 9.59 Å². The molecule has 2 aromatic rings. The Morgan fingerprint density at radius 3 is 2.64 bits per heavy atom. The number of piperidine rings is 1. The molecule has 0 atom stereocenters. The van der Waals surface area contributed by atoms with E-state index in [0.29, 0.717) is 18.3 Å². The number of amides is 2. The van der Waals surface area contributed by atoms with Crippen molar-refractivity contribution in [2.45, 2.75) is 51.4 Å². The molecule has 7 nitrogen and oxygen atoms in total. The van der Waals surface area contributed by atoms with Gasteiger partial charge in [0.25, 0.3) is 5.91 Å². The van der Waals surface area contributed by atoms with Crippen molar-refractivity contribution < 1.29 is 9.59 Å². The smallest absolute Gasteiger partial charge is 0.291 e. The van der Waals surface area contributed by atoms with Gasteiger partial charge in [-0.25, -0.2) is 4.98 Å². The van der Waals surface area contributed by atoms with Gasteiger partial charge in [-0.05, 0) is 88.7 Å². The lowest BCUT2D eigenvalue weighted by Gasteiger charge is -2.33. The van der Waals surface area contributed by atoms with Crippen LogP contribution in [-0.2, 0) is 4.79 Å². The van der Waals surface area contributed by atoms with E-state index in [2.05, 4.69) is 33.5 Å². The predicted molar refractivity (Wildman–Crippen MR) is 131 cm³/mol. The molecule has 1 aliphatic heterocycles. The Labute approximate surface area is 196 Å². The molecule has 2 amide bonds. The molecule has 0 unspecified atom stereocenters. The number of H-pyrrole nitrogens is 1. The first-order valence-electron chi connectivity index (χ1n) is 12.0. The van der Waals surface area contributed by atoms with Gasteiger partial charge < -0.3 is 20.1 Å². The lowest BCUT2D eigenvalue weighted by atomic mass is 9.85. The number of imidazole rings is 1. The van der Waals surface area contributed by atoms with Gasteiger partial charge in [-0.1, -0.05) is 12.1 Å². The molecule has 2 N–H and O–H groups in total. The summed E-state index contributed by atoms with van der Waals surface area (Å²) in [6.07, 6.45) is 10.4. The van der Waals surface area contributed by atoms with Crippen molar-refractivity contribution in [2.75, 3.05) is 39.0 Å². The molecule has 1 aliphatic carbocycles. The quantitative estimate of drug-likeness (QED) is 0.693. The Morgan fingerprint density at radius 2 is 2.00 bits per heavy atom. The predicted octanol–water partition coefficient (Wildman–Crippen LogP) is 4.20. The molecule has 0 saturated carbocycles. The lowest BCUT2D eigenvalue weighted by Crippen LogP contribution is -2.42. The van der Waals surface area contributed by atoms with Gasteiger partial charge in [0.05, 0.1) is 6.54 Å². The topological polar surface area (TPSA) is 81.3 Å². The molecule has 1 fully saturated rings. The average molecular weight is 450 g/mol. The third-order valence-electron chi connectivity index (χ3n) is 6.62. The summed E-state index contributed by atoms with van der Waals surface area (Å²) in [7, 11) is 3.86. The van der Waals surface area contributed by atoms with E-state index in [1.165, 1.54) is 24.0 Å². The second-order valence-electron chi connectivity index (χ2n) is 9.54. The van der Waals surface area contributed by atoms with E-state index in [-0.39, 0.29) is 11.8 Å². The van der Waals surface area contributed by atoms with Crippen LogP contribution in [0.4, 0.5) is 5.69 Å². The number of hydrogen-bond donors (Lipinski definition) is 2. The van der Waals surface area contributed by atoms with Crippen LogP contribution >= 0.6 is 0 Å². The van der Waals surface area contributed by atoms with Crippen LogP contribution in [0, 0.1) is 6.92 Å². The Hall–Kier alpha value is -2.93. The maximum atomic E-state index is 12.8. The van der Waals surface area contributed by atoms with Crippen LogP contribution in [0.1, 0.15) is 71.9 Å². The molecule has 0 radical (unpaired) electrons. The van der Waals surface area contributed by atoms with E-state index >= 15 is 0 Å². The molecule has 4 rings (SSSR count).